The van der Waals surface area contributed by atoms with Gasteiger partial charge in [-0.1, -0.05) is 0 Å². The van der Waals surface area contributed by atoms with E-state index in [1.165, 1.54) is 0 Å². The Morgan fingerprint density at radius 2 is 1.83 bits per heavy atom. The summed E-state index contributed by atoms with van der Waals surface area (Å²) in [4.78, 5) is 0. The molecule has 1 unspecified atom stereocenters. The summed E-state index contributed by atoms with van der Waals surface area (Å²) in [7, 11) is 1.73. The largest absolute Gasteiger partial charge is 0.379 e. The molecule has 0 amide bonds. The van der Waals surface area contributed by atoms with Crippen molar-refractivity contribution in [1.82, 2.24) is 0 Å². The first-order chi connectivity index (χ1) is 8.35. The van der Waals surface area contributed by atoms with E-state index in [-0.39, 0.29) is 17.3 Å². The fraction of sp³-hybridized carbons (Fsp3) is 1.00. The van der Waals surface area contributed by atoms with Crippen LogP contribution in [0.1, 0.15) is 40.5 Å². The van der Waals surface area contributed by atoms with E-state index in [2.05, 4.69) is 27.7 Å². The van der Waals surface area contributed by atoms with Crippen molar-refractivity contribution in [2.45, 2.75) is 57.8 Å². The van der Waals surface area contributed by atoms with E-state index in [1.54, 1.807) is 7.11 Å². The minimum Gasteiger partial charge on any atom is -0.379 e. The quantitative estimate of drug-likeness (QED) is 0.704. The van der Waals surface area contributed by atoms with E-state index < -0.39 is 0 Å². The average molecular weight is 260 g/mol. The molecule has 1 aliphatic rings. The van der Waals surface area contributed by atoms with Crippen LogP contribution < -0.4 is 0 Å². The third-order valence-corrected chi connectivity index (χ3v) is 3.35. The molecule has 1 aliphatic heterocycles. The second-order valence-corrected chi connectivity index (χ2v) is 6.09. The third kappa shape index (κ3) is 6.14. The number of rotatable bonds is 7. The topological polar surface area (TPSA) is 36.9 Å². The predicted molar refractivity (Wildman–Crippen MR) is 70.9 cm³/mol. The molecule has 18 heavy (non-hydrogen) atoms. The van der Waals surface area contributed by atoms with Gasteiger partial charge in [-0.2, -0.15) is 0 Å². The van der Waals surface area contributed by atoms with Gasteiger partial charge in [-0.3, -0.25) is 0 Å². The van der Waals surface area contributed by atoms with Crippen LogP contribution in [-0.4, -0.2) is 50.8 Å². The van der Waals surface area contributed by atoms with Crippen LogP contribution >= 0.6 is 0 Å². The van der Waals surface area contributed by atoms with Gasteiger partial charge >= 0.3 is 0 Å². The zero-order valence-corrected chi connectivity index (χ0v) is 12.5. The predicted octanol–water partition coefficient (Wildman–Crippen LogP) is 2.40. The number of ether oxygens (including phenoxy) is 4. The summed E-state index contributed by atoms with van der Waals surface area (Å²) >= 11 is 0. The van der Waals surface area contributed by atoms with Crippen LogP contribution in [0.4, 0.5) is 0 Å². The summed E-state index contributed by atoms with van der Waals surface area (Å²) in [5, 5.41) is 0. The first kappa shape index (κ1) is 15.9. The van der Waals surface area contributed by atoms with E-state index in [0.717, 1.165) is 12.8 Å². The standard InChI is InChI=1S/C14H28O4/c1-13(2,15-5)6-7-18-14(3,4)10-12-11-16-8-9-17-12/h12H,6-11H2,1-5H3. The van der Waals surface area contributed by atoms with Gasteiger partial charge in [0.25, 0.3) is 0 Å². The molecule has 0 aliphatic carbocycles. The fourth-order valence-electron chi connectivity index (χ4n) is 1.94. The molecule has 0 bridgehead atoms. The van der Waals surface area contributed by atoms with E-state index in [9.17, 15) is 0 Å². The lowest BCUT2D eigenvalue weighted by Gasteiger charge is -2.33. The molecule has 1 rings (SSSR count). The molecular weight excluding hydrogens is 232 g/mol. The van der Waals surface area contributed by atoms with Crippen molar-refractivity contribution in [2.75, 3.05) is 33.5 Å². The van der Waals surface area contributed by atoms with E-state index in [0.29, 0.717) is 26.4 Å². The normalized spacial score (nSPS) is 22.2. The van der Waals surface area contributed by atoms with Crippen LogP contribution in [0.5, 0.6) is 0 Å². The minimum atomic E-state index is -0.185. The second-order valence-electron chi connectivity index (χ2n) is 6.09. The second kappa shape index (κ2) is 6.85. The lowest BCUT2D eigenvalue weighted by molar-refractivity contribution is -0.130. The molecule has 0 saturated carbocycles. The van der Waals surface area contributed by atoms with E-state index in [4.69, 9.17) is 18.9 Å². The highest BCUT2D eigenvalue weighted by molar-refractivity contribution is 4.77. The maximum absolute atomic E-state index is 5.95. The summed E-state index contributed by atoms with van der Waals surface area (Å²) < 4.78 is 22.4. The van der Waals surface area contributed by atoms with Gasteiger partial charge in [-0.15, -0.1) is 0 Å². The monoisotopic (exact) mass is 260 g/mol. The summed E-state index contributed by atoms with van der Waals surface area (Å²) in [6.07, 6.45) is 1.90. The molecule has 4 nitrogen and oxygen atoms in total. The Morgan fingerprint density at radius 1 is 1.11 bits per heavy atom. The van der Waals surface area contributed by atoms with Gasteiger partial charge in [-0.25, -0.2) is 0 Å². The molecule has 0 aromatic carbocycles. The molecule has 1 fully saturated rings. The van der Waals surface area contributed by atoms with Crippen molar-refractivity contribution in [3.05, 3.63) is 0 Å². The smallest absolute Gasteiger partial charge is 0.0836 e. The van der Waals surface area contributed by atoms with E-state index in [1.807, 2.05) is 0 Å². The summed E-state index contributed by atoms with van der Waals surface area (Å²) in [6, 6.07) is 0. The zero-order valence-electron chi connectivity index (χ0n) is 12.5. The first-order valence-electron chi connectivity index (χ1n) is 6.73. The molecule has 108 valence electrons. The molecule has 0 radical (unpaired) electrons. The molecule has 1 heterocycles. The van der Waals surface area contributed by atoms with E-state index >= 15 is 0 Å². The van der Waals surface area contributed by atoms with Crippen molar-refractivity contribution < 1.29 is 18.9 Å². The Kier molecular flexibility index (Phi) is 6.05. The van der Waals surface area contributed by atoms with Gasteiger partial charge < -0.3 is 18.9 Å². The number of methoxy groups -OCH3 is 1. The van der Waals surface area contributed by atoms with Gasteiger partial charge in [0.2, 0.25) is 0 Å². The van der Waals surface area contributed by atoms with Crippen LogP contribution in [0, 0.1) is 0 Å². The summed E-state index contributed by atoms with van der Waals surface area (Å²) in [5.74, 6) is 0. The number of hydrogen-bond acceptors (Lipinski definition) is 4. The fourth-order valence-corrected chi connectivity index (χ4v) is 1.94. The highest BCUT2D eigenvalue weighted by atomic mass is 16.6. The molecule has 0 spiro atoms. The van der Waals surface area contributed by atoms with Gasteiger partial charge in [-0.05, 0) is 34.1 Å². The van der Waals surface area contributed by atoms with Crippen molar-refractivity contribution in [2.24, 2.45) is 0 Å². The molecule has 1 atom stereocenters. The Labute approximate surface area is 111 Å². The van der Waals surface area contributed by atoms with Crippen LogP contribution in [0.2, 0.25) is 0 Å². The highest BCUT2D eigenvalue weighted by Gasteiger charge is 2.27. The average Bonchev–Trinajstić information content (AvgIpc) is 2.29. The maximum atomic E-state index is 5.95. The summed E-state index contributed by atoms with van der Waals surface area (Å²) in [6.45, 7) is 11.1. The van der Waals surface area contributed by atoms with Crippen molar-refractivity contribution >= 4 is 0 Å². The molecule has 0 aromatic heterocycles. The molecular formula is C14H28O4. The SMILES string of the molecule is COC(C)(C)CCOC(C)(C)CC1COCCO1. The lowest BCUT2D eigenvalue weighted by atomic mass is 10.00. The van der Waals surface area contributed by atoms with Gasteiger partial charge in [0.15, 0.2) is 0 Å². The van der Waals surface area contributed by atoms with Crippen molar-refractivity contribution in [3.63, 3.8) is 0 Å². The molecule has 1 saturated heterocycles. The van der Waals surface area contributed by atoms with Gasteiger partial charge in [0.05, 0.1) is 43.7 Å². The third-order valence-electron chi connectivity index (χ3n) is 3.35. The van der Waals surface area contributed by atoms with Crippen LogP contribution in [0.15, 0.2) is 0 Å². The molecule has 0 N–H and O–H groups in total. The Morgan fingerprint density at radius 3 is 2.39 bits per heavy atom. The van der Waals surface area contributed by atoms with Gasteiger partial charge in [0, 0.05) is 13.5 Å². The lowest BCUT2D eigenvalue weighted by Crippen LogP contribution is -2.38. The molecule has 4 heteroatoms. The van der Waals surface area contributed by atoms with Crippen LogP contribution in [0.3, 0.4) is 0 Å². The molecule has 0 aromatic rings. The highest BCUT2D eigenvalue weighted by Crippen LogP contribution is 2.22. The minimum absolute atomic E-state index is 0.124. The Balaban J connectivity index is 2.26. The first-order valence-corrected chi connectivity index (χ1v) is 6.73. The van der Waals surface area contributed by atoms with Crippen molar-refractivity contribution in [1.29, 1.82) is 0 Å². The Hall–Kier alpha value is -0.160. The van der Waals surface area contributed by atoms with Crippen molar-refractivity contribution in [3.8, 4) is 0 Å². The van der Waals surface area contributed by atoms with Gasteiger partial charge in [0.1, 0.15) is 0 Å². The van der Waals surface area contributed by atoms with Crippen LogP contribution in [0.25, 0.3) is 0 Å². The Bertz CT molecular complexity index is 232. The van der Waals surface area contributed by atoms with Crippen LogP contribution in [-0.2, 0) is 18.9 Å². The summed E-state index contributed by atoms with van der Waals surface area (Å²) in [5.41, 5.74) is -0.310. The zero-order chi connectivity index (χ0) is 13.6. The number of hydrogen-bond donors (Lipinski definition) is 0. The maximum Gasteiger partial charge on any atom is 0.0836 e.